The van der Waals surface area contributed by atoms with Crippen LogP contribution >= 0.6 is 15.9 Å². The number of carbonyl (C=O) groups is 2. The van der Waals surface area contributed by atoms with Crippen LogP contribution in [0.25, 0.3) is 0 Å². The van der Waals surface area contributed by atoms with Crippen molar-refractivity contribution in [2.45, 2.75) is 52.1 Å². The number of hydrogen-bond donors (Lipinski definition) is 1. The summed E-state index contributed by atoms with van der Waals surface area (Å²) in [5, 5.41) is 11.7. The smallest absolute Gasteiger partial charge is 0.178 e. The molecule has 2 fully saturated rings. The molecule has 0 aromatic rings. The first-order valence-corrected chi connectivity index (χ1v) is 10.8. The maximum Gasteiger partial charge on any atom is 0.178 e. The predicted octanol–water partition coefficient (Wildman–Crippen LogP) is 4.16. The quantitative estimate of drug-likeness (QED) is 0.540. The maximum atomic E-state index is 12.7. The summed E-state index contributed by atoms with van der Waals surface area (Å²) in [5.41, 5.74) is 0.745. The monoisotopic (exact) mass is 418 g/mol. The molecule has 0 bridgehead atoms. The van der Waals surface area contributed by atoms with E-state index in [0.717, 1.165) is 19.3 Å². The number of hydrogen-bond acceptors (Lipinski definition) is 3. The number of ketones is 2. The van der Waals surface area contributed by atoms with E-state index in [0.29, 0.717) is 18.3 Å². The number of allylic oxidation sites excluding steroid dienone is 6. The highest BCUT2D eigenvalue weighted by atomic mass is 79.9. The molecule has 4 rings (SSSR count). The Morgan fingerprint density at radius 3 is 2.81 bits per heavy atom. The van der Waals surface area contributed by atoms with Crippen molar-refractivity contribution in [3.63, 3.8) is 0 Å². The Hall–Kier alpha value is -1.00. The van der Waals surface area contributed by atoms with Gasteiger partial charge in [0.1, 0.15) is 5.60 Å². The second-order valence-corrected chi connectivity index (χ2v) is 9.66. The second-order valence-electron chi connectivity index (χ2n) is 9.10. The summed E-state index contributed by atoms with van der Waals surface area (Å²) >= 11 is 3.28. The van der Waals surface area contributed by atoms with Gasteiger partial charge in [-0.3, -0.25) is 9.59 Å². The number of Topliss-reactive ketones (excluding diaryl/α,β-unsaturated/α-hetero) is 1. The van der Waals surface area contributed by atoms with Gasteiger partial charge in [-0.2, -0.15) is 0 Å². The van der Waals surface area contributed by atoms with Crippen LogP contribution in [0.1, 0.15) is 46.5 Å². The topological polar surface area (TPSA) is 54.4 Å². The zero-order chi connectivity index (χ0) is 18.9. The molecule has 0 unspecified atom stereocenters. The Morgan fingerprint density at radius 2 is 2.12 bits per heavy atom. The number of fused-ring (bicyclic) bond motifs is 5. The lowest BCUT2D eigenvalue weighted by Crippen LogP contribution is -2.57. The van der Waals surface area contributed by atoms with Crippen molar-refractivity contribution in [3.8, 4) is 0 Å². The zero-order valence-corrected chi connectivity index (χ0v) is 17.3. The van der Waals surface area contributed by atoms with Gasteiger partial charge in [0.25, 0.3) is 0 Å². The van der Waals surface area contributed by atoms with Crippen LogP contribution in [0.2, 0.25) is 0 Å². The fourth-order valence-corrected chi connectivity index (χ4v) is 6.99. The summed E-state index contributed by atoms with van der Waals surface area (Å²) in [6.07, 6.45) is 11.4. The molecule has 4 heteroatoms. The highest BCUT2D eigenvalue weighted by Crippen LogP contribution is 2.66. The van der Waals surface area contributed by atoms with Crippen LogP contribution in [0.4, 0.5) is 0 Å². The highest BCUT2D eigenvalue weighted by molar-refractivity contribution is 9.09. The van der Waals surface area contributed by atoms with E-state index >= 15 is 0 Å². The van der Waals surface area contributed by atoms with Gasteiger partial charge in [0.2, 0.25) is 0 Å². The Labute approximate surface area is 163 Å². The SMILES string of the molecule is C[C@H]1C[C@H]2[C@@H]3CCC4=CC(=O)C=C[C@]4(C)C3=CC[C@]2(C)[C@@]1(O)C(=O)CBr. The van der Waals surface area contributed by atoms with Gasteiger partial charge in [-0.15, -0.1) is 0 Å². The molecule has 1 N–H and O–H groups in total. The van der Waals surface area contributed by atoms with Gasteiger partial charge in [-0.05, 0) is 62.5 Å². The molecule has 4 aliphatic carbocycles. The van der Waals surface area contributed by atoms with E-state index in [-0.39, 0.29) is 28.2 Å². The van der Waals surface area contributed by atoms with E-state index in [4.69, 9.17) is 0 Å². The third-order valence-electron chi connectivity index (χ3n) is 8.08. The standard InChI is InChI=1S/C22H27BrO3/c1-13-10-18-16-5-4-14-11-15(24)6-8-20(14,2)17(16)7-9-21(18,3)22(13,26)19(25)12-23/h6-8,11,13,16,18,26H,4-5,9-10,12H2,1-3H3/t13-,16+,18-,20-,21-,22-/m0/s1. The van der Waals surface area contributed by atoms with Crippen LogP contribution in [0.5, 0.6) is 0 Å². The molecule has 0 saturated heterocycles. The van der Waals surface area contributed by atoms with E-state index in [1.54, 1.807) is 6.08 Å². The molecule has 0 heterocycles. The number of aliphatic hydroxyl groups is 1. The van der Waals surface area contributed by atoms with Crippen LogP contribution in [0.3, 0.4) is 0 Å². The van der Waals surface area contributed by atoms with Crippen molar-refractivity contribution in [2.75, 3.05) is 5.33 Å². The molecule has 0 aromatic heterocycles. The average Bonchev–Trinajstić information content (AvgIpc) is 2.83. The van der Waals surface area contributed by atoms with Crippen LogP contribution in [-0.2, 0) is 9.59 Å². The van der Waals surface area contributed by atoms with Gasteiger partial charge in [0.15, 0.2) is 11.6 Å². The largest absolute Gasteiger partial charge is 0.381 e. The first kappa shape index (κ1) is 18.4. The second kappa shape index (κ2) is 5.75. The zero-order valence-electron chi connectivity index (χ0n) is 15.7. The van der Waals surface area contributed by atoms with Crippen molar-refractivity contribution in [1.29, 1.82) is 0 Å². The molecule has 0 aromatic carbocycles. The van der Waals surface area contributed by atoms with Gasteiger partial charge in [0.05, 0.1) is 5.33 Å². The number of alkyl halides is 1. The Morgan fingerprint density at radius 1 is 1.38 bits per heavy atom. The van der Waals surface area contributed by atoms with Crippen LogP contribution in [0, 0.1) is 28.6 Å². The molecule has 26 heavy (non-hydrogen) atoms. The van der Waals surface area contributed by atoms with Crippen molar-refractivity contribution in [3.05, 3.63) is 35.5 Å². The Bertz CT molecular complexity index is 778. The van der Waals surface area contributed by atoms with Gasteiger partial charge >= 0.3 is 0 Å². The normalized spacial score (nSPS) is 46.8. The Balaban J connectivity index is 1.79. The molecule has 0 radical (unpaired) electrons. The molecule has 0 amide bonds. The third-order valence-corrected chi connectivity index (χ3v) is 8.59. The highest BCUT2D eigenvalue weighted by Gasteiger charge is 2.66. The first-order valence-electron chi connectivity index (χ1n) is 9.65. The van der Waals surface area contributed by atoms with Gasteiger partial charge in [0, 0.05) is 10.8 Å². The molecule has 2 saturated carbocycles. The van der Waals surface area contributed by atoms with Gasteiger partial charge in [-0.25, -0.2) is 0 Å². The maximum absolute atomic E-state index is 12.7. The van der Waals surface area contributed by atoms with E-state index in [2.05, 4.69) is 41.9 Å². The summed E-state index contributed by atoms with van der Waals surface area (Å²) in [6.45, 7) is 6.36. The van der Waals surface area contributed by atoms with E-state index in [9.17, 15) is 14.7 Å². The van der Waals surface area contributed by atoms with Crippen LogP contribution in [-0.4, -0.2) is 27.6 Å². The van der Waals surface area contributed by atoms with E-state index in [1.807, 2.05) is 13.0 Å². The summed E-state index contributed by atoms with van der Waals surface area (Å²) in [4.78, 5) is 24.6. The van der Waals surface area contributed by atoms with E-state index < -0.39 is 11.0 Å². The molecular formula is C22H27BrO3. The summed E-state index contributed by atoms with van der Waals surface area (Å²) in [6, 6.07) is 0. The van der Waals surface area contributed by atoms with Crippen LogP contribution in [0.15, 0.2) is 35.5 Å². The molecule has 0 aliphatic heterocycles. The summed E-state index contributed by atoms with van der Waals surface area (Å²) in [7, 11) is 0. The lowest BCUT2D eigenvalue weighted by molar-refractivity contribution is -0.155. The predicted molar refractivity (Wildman–Crippen MR) is 105 cm³/mol. The summed E-state index contributed by atoms with van der Waals surface area (Å²) in [5.74, 6) is 0.633. The summed E-state index contributed by atoms with van der Waals surface area (Å²) < 4.78 is 0. The van der Waals surface area contributed by atoms with Crippen molar-refractivity contribution in [2.24, 2.45) is 28.6 Å². The number of carbonyl (C=O) groups excluding carboxylic acids is 2. The van der Waals surface area contributed by atoms with Gasteiger partial charge in [-0.1, -0.05) is 53.1 Å². The minimum absolute atomic E-state index is 0.0384. The number of rotatable bonds is 2. The average molecular weight is 419 g/mol. The minimum atomic E-state index is -1.27. The third kappa shape index (κ3) is 2.09. The van der Waals surface area contributed by atoms with E-state index in [1.165, 1.54) is 11.1 Å². The fraction of sp³-hybridized carbons (Fsp3) is 0.636. The van der Waals surface area contributed by atoms with Crippen molar-refractivity contribution in [1.82, 2.24) is 0 Å². The van der Waals surface area contributed by atoms with Crippen molar-refractivity contribution >= 4 is 27.5 Å². The fourth-order valence-electron chi connectivity index (χ4n) is 6.56. The molecule has 6 atom stereocenters. The molecular weight excluding hydrogens is 392 g/mol. The Kier molecular flexibility index (Phi) is 4.06. The minimum Gasteiger partial charge on any atom is -0.381 e. The van der Waals surface area contributed by atoms with Gasteiger partial charge < -0.3 is 5.11 Å². The molecule has 0 spiro atoms. The van der Waals surface area contributed by atoms with Crippen LogP contribution < -0.4 is 0 Å². The lowest BCUT2D eigenvalue weighted by atomic mass is 9.51. The van der Waals surface area contributed by atoms with Crippen molar-refractivity contribution < 1.29 is 14.7 Å². The number of halogens is 1. The first-order chi connectivity index (χ1) is 12.2. The lowest BCUT2D eigenvalue weighted by Gasteiger charge is -2.53. The molecule has 3 nitrogen and oxygen atoms in total. The molecule has 140 valence electrons. The molecule has 4 aliphatic rings.